The number of hydrogen-bond acceptors (Lipinski definition) is 7. The first-order valence-corrected chi connectivity index (χ1v) is 9.63. The molecular weight excluding hydrogens is 386 g/mol. The largest absolute Gasteiger partial charge is 0.397 e. The summed E-state index contributed by atoms with van der Waals surface area (Å²) in [6.07, 6.45) is 0. The number of nitrogens with two attached hydrogens (primary N) is 1. The van der Waals surface area contributed by atoms with Gasteiger partial charge in [0.05, 0.1) is 17.1 Å². The molecule has 0 saturated carbocycles. The van der Waals surface area contributed by atoms with E-state index in [1.807, 2.05) is 19.9 Å². The minimum Gasteiger partial charge on any atom is -0.397 e. The summed E-state index contributed by atoms with van der Waals surface area (Å²) in [5.74, 6) is -1.44. The van der Waals surface area contributed by atoms with Crippen LogP contribution in [0.5, 0.6) is 0 Å². The minimum atomic E-state index is -0.557. The number of aromatic nitrogens is 1. The van der Waals surface area contributed by atoms with Gasteiger partial charge in [-0.05, 0) is 36.9 Å². The Bertz CT molecular complexity index is 1030. The van der Waals surface area contributed by atoms with Gasteiger partial charge < -0.3 is 11.1 Å². The van der Waals surface area contributed by atoms with E-state index in [9.17, 15) is 14.4 Å². The van der Waals surface area contributed by atoms with E-state index in [0.29, 0.717) is 15.4 Å². The van der Waals surface area contributed by atoms with Crippen molar-refractivity contribution >= 4 is 56.3 Å². The van der Waals surface area contributed by atoms with Gasteiger partial charge in [0.2, 0.25) is 0 Å². The smallest absolute Gasteiger partial charge is 0.281 e. The molecule has 0 aromatic carbocycles. The first-order valence-electron chi connectivity index (χ1n) is 7.94. The van der Waals surface area contributed by atoms with Gasteiger partial charge in [-0.2, -0.15) is 0 Å². The molecule has 0 bridgehead atoms. The van der Waals surface area contributed by atoms with E-state index >= 15 is 0 Å². The molecule has 3 amide bonds. The number of nitrogens with zero attached hydrogens (tertiary/aromatic N) is 1. The molecule has 8 nitrogen and oxygen atoms in total. The van der Waals surface area contributed by atoms with Crippen molar-refractivity contribution < 1.29 is 14.4 Å². The van der Waals surface area contributed by atoms with Crippen LogP contribution in [-0.2, 0) is 4.79 Å². The average Bonchev–Trinajstić information content (AvgIpc) is 3.26. The molecule has 0 aliphatic heterocycles. The van der Waals surface area contributed by atoms with E-state index in [4.69, 9.17) is 5.73 Å². The molecular formula is C17H17N5O3S2. The second-order valence-corrected chi connectivity index (χ2v) is 7.71. The SMILES string of the molecule is Cc1cc(C)c2c(N)c(C(=O)NNC(=O)CNC(=O)c3cccs3)sc2n1. The number of aryl methyl sites for hydroxylation is 2. The highest BCUT2D eigenvalue weighted by Crippen LogP contribution is 2.34. The van der Waals surface area contributed by atoms with Crippen LogP contribution in [0, 0.1) is 13.8 Å². The molecule has 0 saturated heterocycles. The highest BCUT2D eigenvalue weighted by Gasteiger charge is 2.19. The Morgan fingerprint density at radius 2 is 1.96 bits per heavy atom. The molecule has 0 aliphatic rings. The number of hydrazine groups is 1. The maximum absolute atomic E-state index is 12.4. The van der Waals surface area contributed by atoms with Crippen LogP contribution in [0.4, 0.5) is 5.69 Å². The Kier molecular flexibility index (Phi) is 5.38. The summed E-state index contributed by atoms with van der Waals surface area (Å²) in [5, 5.41) is 4.98. The molecule has 0 atom stereocenters. The van der Waals surface area contributed by atoms with Crippen molar-refractivity contribution in [1.82, 2.24) is 21.2 Å². The van der Waals surface area contributed by atoms with Crippen molar-refractivity contribution in [2.45, 2.75) is 13.8 Å². The van der Waals surface area contributed by atoms with Crippen LogP contribution >= 0.6 is 22.7 Å². The lowest BCUT2D eigenvalue weighted by molar-refractivity contribution is -0.120. The molecule has 3 aromatic rings. The van der Waals surface area contributed by atoms with Crippen molar-refractivity contribution in [3.8, 4) is 0 Å². The van der Waals surface area contributed by atoms with Gasteiger partial charge in [0.15, 0.2) is 0 Å². The van der Waals surface area contributed by atoms with E-state index in [2.05, 4.69) is 21.2 Å². The summed E-state index contributed by atoms with van der Waals surface area (Å²) in [5.41, 5.74) is 12.8. The number of hydrogen-bond donors (Lipinski definition) is 4. The second kappa shape index (κ2) is 7.72. The Labute approximate surface area is 162 Å². The number of amides is 3. The Morgan fingerprint density at radius 3 is 2.67 bits per heavy atom. The molecule has 5 N–H and O–H groups in total. The van der Waals surface area contributed by atoms with Crippen molar-refractivity contribution in [3.05, 3.63) is 44.6 Å². The molecule has 0 radical (unpaired) electrons. The van der Waals surface area contributed by atoms with Crippen LogP contribution in [0.3, 0.4) is 0 Å². The zero-order valence-corrected chi connectivity index (χ0v) is 16.2. The number of carbonyl (C=O) groups is 3. The topological polar surface area (TPSA) is 126 Å². The van der Waals surface area contributed by atoms with Crippen LogP contribution in [-0.4, -0.2) is 29.3 Å². The van der Waals surface area contributed by atoms with Crippen LogP contribution < -0.4 is 21.9 Å². The number of carbonyl (C=O) groups excluding carboxylic acids is 3. The molecule has 140 valence electrons. The number of thiophene rings is 2. The quantitative estimate of drug-likeness (QED) is 0.494. The second-order valence-electron chi connectivity index (χ2n) is 5.77. The fraction of sp³-hybridized carbons (Fsp3) is 0.176. The summed E-state index contributed by atoms with van der Waals surface area (Å²) in [4.78, 5) is 41.8. The lowest BCUT2D eigenvalue weighted by atomic mass is 10.1. The van der Waals surface area contributed by atoms with Crippen molar-refractivity contribution in [2.24, 2.45) is 0 Å². The minimum absolute atomic E-state index is 0.265. The average molecular weight is 403 g/mol. The Morgan fingerprint density at radius 1 is 1.19 bits per heavy atom. The summed E-state index contributed by atoms with van der Waals surface area (Å²) in [6.45, 7) is 3.51. The molecule has 3 rings (SSSR count). The van der Waals surface area contributed by atoms with E-state index in [0.717, 1.165) is 28.0 Å². The standard InChI is InChI=1S/C17H17N5O3S2/c1-8-6-9(2)20-17-12(8)13(18)14(27-17)16(25)22-21-11(23)7-19-15(24)10-4-3-5-26-10/h3-6H,7,18H2,1-2H3,(H,19,24)(H,21,23)(H,22,25). The fourth-order valence-corrected chi connectivity index (χ4v) is 4.27. The third-order valence-corrected chi connectivity index (χ3v) is 5.67. The van der Waals surface area contributed by atoms with Gasteiger partial charge in [-0.1, -0.05) is 6.07 Å². The normalized spacial score (nSPS) is 10.6. The fourth-order valence-electron chi connectivity index (χ4n) is 2.52. The van der Waals surface area contributed by atoms with Crippen LogP contribution in [0.15, 0.2) is 23.6 Å². The third kappa shape index (κ3) is 4.07. The van der Waals surface area contributed by atoms with Crippen LogP contribution in [0.1, 0.15) is 30.6 Å². The maximum Gasteiger partial charge on any atom is 0.281 e. The highest BCUT2D eigenvalue weighted by atomic mass is 32.1. The Balaban J connectivity index is 1.60. The van der Waals surface area contributed by atoms with Crippen LogP contribution in [0.2, 0.25) is 0 Å². The van der Waals surface area contributed by atoms with Crippen molar-refractivity contribution in [2.75, 3.05) is 12.3 Å². The van der Waals surface area contributed by atoms with Gasteiger partial charge in [-0.15, -0.1) is 22.7 Å². The van der Waals surface area contributed by atoms with Crippen molar-refractivity contribution in [1.29, 1.82) is 0 Å². The molecule has 0 fully saturated rings. The predicted octanol–water partition coefficient (Wildman–Crippen LogP) is 1.75. The monoisotopic (exact) mass is 403 g/mol. The van der Waals surface area contributed by atoms with Crippen molar-refractivity contribution in [3.63, 3.8) is 0 Å². The molecule has 0 aliphatic carbocycles. The number of anilines is 1. The summed E-state index contributed by atoms with van der Waals surface area (Å²) >= 11 is 2.43. The Hall–Kier alpha value is -2.98. The predicted molar refractivity (Wildman–Crippen MR) is 106 cm³/mol. The van der Waals surface area contributed by atoms with Gasteiger partial charge in [0, 0.05) is 11.1 Å². The lowest BCUT2D eigenvalue weighted by Gasteiger charge is -2.07. The number of nitrogens with one attached hydrogen (secondary N) is 3. The van der Waals surface area contributed by atoms with E-state index in [1.165, 1.54) is 11.3 Å². The summed E-state index contributed by atoms with van der Waals surface area (Å²) in [7, 11) is 0. The van der Waals surface area contributed by atoms with Gasteiger partial charge in [0.1, 0.15) is 9.71 Å². The highest BCUT2D eigenvalue weighted by molar-refractivity contribution is 7.21. The number of nitrogen functional groups attached to an aromatic ring is 1. The maximum atomic E-state index is 12.4. The lowest BCUT2D eigenvalue weighted by Crippen LogP contribution is -2.46. The zero-order chi connectivity index (χ0) is 19.6. The summed E-state index contributed by atoms with van der Waals surface area (Å²) < 4.78 is 0. The molecule has 27 heavy (non-hydrogen) atoms. The number of pyridine rings is 1. The molecule has 10 heteroatoms. The summed E-state index contributed by atoms with van der Waals surface area (Å²) in [6, 6.07) is 5.29. The zero-order valence-electron chi connectivity index (χ0n) is 14.6. The number of rotatable bonds is 4. The first-order chi connectivity index (χ1) is 12.9. The first kappa shape index (κ1) is 18.8. The van der Waals surface area contributed by atoms with Gasteiger partial charge >= 0.3 is 0 Å². The molecule has 3 aromatic heterocycles. The third-order valence-electron chi connectivity index (χ3n) is 3.70. The van der Waals surface area contributed by atoms with E-state index in [1.54, 1.807) is 17.5 Å². The van der Waals surface area contributed by atoms with E-state index < -0.39 is 11.8 Å². The molecule has 0 unspecified atom stereocenters. The van der Waals surface area contributed by atoms with Gasteiger partial charge in [-0.3, -0.25) is 25.2 Å². The van der Waals surface area contributed by atoms with Gasteiger partial charge in [-0.25, -0.2) is 4.98 Å². The number of fused-ring (bicyclic) bond motifs is 1. The van der Waals surface area contributed by atoms with Gasteiger partial charge in [0.25, 0.3) is 17.7 Å². The van der Waals surface area contributed by atoms with E-state index in [-0.39, 0.29) is 17.3 Å². The van der Waals surface area contributed by atoms with Crippen LogP contribution in [0.25, 0.3) is 10.2 Å². The molecule has 0 spiro atoms. The molecule has 3 heterocycles.